The monoisotopic (exact) mass is 384 g/mol. The number of carbonyl (C=O) groups excluding carboxylic acids is 2. The molecule has 142 valence electrons. The van der Waals surface area contributed by atoms with Crippen molar-refractivity contribution in [1.82, 2.24) is 9.88 Å². The molecule has 0 spiro atoms. The average Bonchev–Trinajstić information content (AvgIpc) is 3.35. The molecule has 3 heterocycles. The van der Waals surface area contributed by atoms with Gasteiger partial charge in [0.2, 0.25) is 5.91 Å². The summed E-state index contributed by atoms with van der Waals surface area (Å²) in [7, 11) is 0. The number of urea groups is 1. The molecule has 4 rings (SSSR count). The van der Waals surface area contributed by atoms with Gasteiger partial charge in [-0.2, -0.15) is 0 Å². The van der Waals surface area contributed by atoms with Crippen LogP contribution in [-0.2, 0) is 4.79 Å². The molecule has 0 aliphatic carbocycles. The molecule has 27 heavy (non-hydrogen) atoms. The first kappa shape index (κ1) is 18.0. The van der Waals surface area contributed by atoms with Crippen molar-refractivity contribution in [2.24, 2.45) is 0 Å². The fraction of sp³-hybridized carbons (Fsp3) is 0.450. The Balaban J connectivity index is 1.54. The highest BCUT2D eigenvalue weighted by molar-refractivity contribution is 7.09. The SMILES string of the molecule is Cc1ccc(N2CCCC2=O)cc1NC(=O)N1CCCC[C@H]1c1nccs1. The van der Waals surface area contributed by atoms with Crippen molar-refractivity contribution in [3.8, 4) is 0 Å². The number of hydrogen-bond donors (Lipinski definition) is 1. The molecule has 2 aliphatic rings. The van der Waals surface area contributed by atoms with Crippen LogP contribution in [0.2, 0.25) is 0 Å². The number of piperidine rings is 1. The smallest absolute Gasteiger partial charge is 0.315 e. The molecule has 0 bridgehead atoms. The van der Waals surface area contributed by atoms with Gasteiger partial charge in [-0.1, -0.05) is 6.07 Å². The topological polar surface area (TPSA) is 65.5 Å². The Morgan fingerprint density at radius 3 is 2.89 bits per heavy atom. The highest BCUT2D eigenvalue weighted by Gasteiger charge is 2.30. The van der Waals surface area contributed by atoms with E-state index in [1.807, 2.05) is 35.4 Å². The second-order valence-electron chi connectivity index (χ2n) is 7.15. The zero-order chi connectivity index (χ0) is 18.8. The van der Waals surface area contributed by atoms with Crippen molar-refractivity contribution in [2.45, 2.75) is 45.1 Å². The van der Waals surface area contributed by atoms with Gasteiger partial charge < -0.3 is 15.1 Å². The predicted molar refractivity (Wildman–Crippen MR) is 107 cm³/mol. The van der Waals surface area contributed by atoms with Gasteiger partial charge in [-0.05, 0) is 50.3 Å². The van der Waals surface area contributed by atoms with E-state index in [0.29, 0.717) is 6.42 Å². The summed E-state index contributed by atoms with van der Waals surface area (Å²) < 4.78 is 0. The van der Waals surface area contributed by atoms with Crippen LogP contribution < -0.4 is 10.2 Å². The molecular weight excluding hydrogens is 360 g/mol. The minimum atomic E-state index is -0.0945. The largest absolute Gasteiger partial charge is 0.322 e. The summed E-state index contributed by atoms with van der Waals surface area (Å²) in [5, 5.41) is 6.03. The van der Waals surface area contributed by atoms with Gasteiger partial charge in [-0.3, -0.25) is 4.79 Å². The first-order chi connectivity index (χ1) is 13.1. The fourth-order valence-electron chi connectivity index (χ4n) is 3.85. The number of aromatic nitrogens is 1. The number of aryl methyl sites for hydroxylation is 1. The third kappa shape index (κ3) is 3.69. The van der Waals surface area contributed by atoms with Gasteiger partial charge in [0, 0.05) is 42.5 Å². The van der Waals surface area contributed by atoms with E-state index < -0.39 is 0 Å². The van der Waals surface area contributed by atoms with E-state index in [0.717, 1.165) is 60.7 Å². The Labute approximate surface area is 163 Å². The zero-order valence-electron chi connectivity index (χ0n) is 15.5. The van der Waals surface area contributed by atoms with Crippen LogP contribution in [0.1, 0.15) is 48.7 Å². The zero-order valence-corrected chi connectivity index (χ0v) is 16.3. The maximum Gasteiger partial charge on any atom is 0.322 e. The molecule has 0 saturated carbocycles. The molecule has 2 aliphatic heterocycles. The van der Waals surface area contributed by atoms with E-state index in [1.165, 1.54) is 0 Å². The molecule has 1 atom stereocenters. The Morgan fingerprint density at radius 1 is 1.26 bits per heavy atom. The van der Waals surface area contributed by atoms with Crippen LogP contribution in [-0.4, -0.2) is 34.9 Å². The number of anilines is 2. The van der Waals surface area contributed by atoms with Gasteiger partial charge >= 0.3 is 6.03 Å². The quantitative estimate of drug-likeness (QED) is 0.856. The number of amides is 3. The van der Waals surface area contributed by atoms with Gasteiger partial charge in [0.25, 0.3) is 0 Å². The summed E-state index contributed by atoms with van der Waals surface area (Å²) in [5.41, 5.74) is 2.61. The van der Waals surface area contributed by atoms with Crippen LogP contribution in [0.25, 0.3) is 0 Å². The normalized spacial score (nSPS) is 20.2. The molecule has 2 aromatic rings. The number of hydrogen-bond acceptors (Lipinski definition) is 4. The lowest BCUT2D eigenvalue weighted by Gasteiger charge is -2.34. The summed E-state index contributed by atoms with van der Waals surface area (Å²) in [6.07, 6.45) is 6.35. The van der Waals surface area contributed by atoms with Crippen LogP contribution in [0.3, 0.4) is 0 Å². The summed E-state index contributed by atoms with van der Waals surface area (Å²) in [4.78, 5) is 33.2. The van der Waals surface area contributed by atoms with E-state index in [-0.39, 0.29) is 18.0 Å². The minimum Gasteiger partial charge on any atom is -0.315 e. The number of rotatable bonds is 3. The molecular formula is C20H24N4O2S. The number of likely N-dealkylation sites (tertiary alicyclic amines) is 1. The lowest BCUT2D eigenvalue weighted by Crippen LogP contribution is -2.41. The maximum absolute atomic E-state index is 13.0. The minimum absolute atomic E-state index is 0.0439. The van der Waals surface area contributed by atoms with Gasteiger partial charge in [0.1, 0.15) is 5.01 Å². The lowest BCUT2D eigenvalue weighted by molar-refractivity contribution is -0.117. The standard InChI is InChI=1S/C20H24N4O2S/c1-14-7-8-15(23-11-4-6-18(23)25)13-16(14)22-20(26)24-10-3-2-5-17(24)19-21-9-12-27-19/h7-9,12-13,17H,2-6,10-11H2,1H3,(H,22,26)/t17-/m0/s1. The Kier molecular flexibility index (Phi) is 5.11. The number of benzene rings is 1. The average molecular weight is 385 g/mol. The number of nitrogens with zero attached hydrogens (tertiary/aromatic N) is 3. The molecule has 0 radical (unpaired) electrons. The summed E-state index contributed by atoms with van der Waals surface area (Å²) in [6, 6.07) is 5.78. The summed E-state index contributed by atoms with van der Waals surface area (Å²) in [6.45, 7) is 3.45. The Hall–Kier alpha value is -2.41. The van der Waals surface area contributed by atoms with Crippen LogP contribution in [0.5, 0.6) is 0 Å². The van der Waals surface area contributed by atoms with Gasteiger partial charge in [-0.15, -0.1) is 11.3 Å². The Morgan fingerprint density at radius 2 is 2.15 bits per heavy atom. The molecule has 3 amide bonds. The summed E-state index contributed by atoms with van der Waals surface area (Å²) in [5.74, 6) is 0.149. The van der Waals surface area contributed by atoms with Crippen molar-refractivity contribution >= 4 is 34.6 Å². The van der Waals surface area contributed by atoms with Crippen molar-refractivity contribution in [3.63, 3.8) is 0 Å². The number of nitrogens with one attached hydrogen (secondary N) is 1. The molecule has 1 aromatic carbocycles. The number of thiazole rings is 1. The van der Waals surface area contributed by atoms with Gasteiger partial charge in [0.15, 0.2) is 0 Å². The van der Waals surface area contributed by atoms with E-state index in [2.05, 4.69) is 10.3 Å². The van der Waals surface area contributed by atoms with E-state index in [9.17, 15) is 9.59 Å². The molecule has 6 nitrogen and oxygen atoms in total. The highest BCUT2D eigenvalue weighted by Crippen LogP contribution is 2.33. The third-order valence-corrected chi connectivity index (χ3v) is 6.22. The second-order valence-corrected chi connectivity index (χ2v) is 8.08. The van der Waals surface area contributed by atoms with Crippen molar-refractivity contribution in [1.29, 1.82) is 0 Å². The summed E-state index contributed by atoms with van der Waals surface area (Å²) >= 11 is 1.60. The fourth-order valence-corrected chi connectivity index (χ4v) is 4.64. The first-order valence-corrected chi connectivity index (χ1v) is 10.4. The second kappa shape index (κ2) is 7.68. The van der Waals surface area contributed by atoms with E-state index in [1.54, 1.807) is 22.4 Å². The molecule has 2 saturated heterocycles. The van der Waals surface area contributed by atoms with Gasteiger partial charge in [0.05, 0.1) is 6.04 Å². The lowest BCUT2D eigenvalue weighted by atomic mass is 10.0. The molecule has 1 N–H and O–H groups in total. The van der Waals surface area contributed by atoms with Crippen LogP contribution in [0, 0.1) is 6.92 Å². The van der Waals surface area contributed by atoms with Crippen LogP contribution in [0.4, 0.5) is 16.2 Å². The van der Waals surface area contributed by atoms with Gasteiger partial charge in [-0.25, -0.2) is 9.78 Å². The third-order valence-electron chi connectivity index (χ3n) is 5.35. The maximum atomic E-state index is 13.0. The molecule has 2 fully saturated rings. The molecule has 1 aromatic heterocycles. The van der Waals surface area contributed by atoms with E-state index >= 15 is 0 Å². The van der Waals surface area contributed by atoms with Crippen molar-refractivity contribution in [2.75, 3.05) is 23.3 Å². The van der Waals surface area contributed by atoms with E-state index in [4.69, 9.17) is 0 Å². The molecule has 0 unspecified atom stereocenters. The van der Waals surface area contributed by atoms with Crippen molar-refractivity contribution in [3.05, 3.63) is 40.3 Å². The van der Waals surface area contributed by atoms with Crippen molar-refractivity contribution < 1.29 is 9.59 Å². The first-order valence-electron chi connectivity index (χ1n) is 9.51. The van der Waals surface area contributed by atoms with Crippen LogP contribution >= 0.6 is 11.3 Å². The molecule has 7 heteroatoms. The number of carbonyl (C=O) groups is 2. The highest BCUT2D eigenvalue weighted by atomic mass is 32.1. The Bertz CT molecular complexity index is 837. The predicted octanol–water partition coefficient (Wildman–Crippen LogP) is 4.34. The van der Waals surface area contributed by atoms with Crippen LogP contribution in [0.15, 0.2) is 29.8 Å².